The van der Waals surface area contributed by atoms with E-state index in [-0.39, 0.29) is 5.82 Å². The Bertz CT molecular complexity index is 550. The Kier molecular flexibility index (Phi) is 3.18. The van der Waals surface area contributed by atoms with Crippen LogP contribution >= 0.6 is 11.3 Å². The van der Waals surface area contributed by atoms with Crippen LogP contribution in [0.25, 0.3) is 10.2 Å². The van der Waals surface area contributed by atoms with Crippen LogP contribution < -0.4 is 5.32 Å². The molecule has 3 nitrogen and oxygen atoms in total. The van der Waals surface area contributed by atoms with Crippen molar-refractivity contribution in [3.8, 4) is 0 Å². The summed E-state index contributed by atoms with van der Waals surface area (Å²) >= 11 is 1.57. The molecule has 1 fully saturated rings. The summed E-state index contributed by atoms with van der Waals surface area (Å²) in [6.07, 6.45) is 2.66. The molecule has 18 heavy (non-hydrogen) atoms. The summed E-state index contributed by atoms with van der Waals surface area (Å²) in [7, 11) is 2.16. The molecule has 1 aromatic heterocycles. The van der Waals surface area contributed by atoms with Crippen LogP contribution in [0.3, 0.4) is 0 Å². The number of hydrogen-bond donors (Lipinski definition) is 1. The van der Waals surface area contributed by atoms with E-state index in [0.29, 0.717) is 0 Å². The minimum atomic E-state index is -0.229. The van der Waals surface area contributed by atoms with Crippen molar-refractivity contribution in [3.63, 3.8) is 0 Å². The first-order chi connectivity index (χ1) is 8.72. The van der Waals surface area contributed by atoms with E-state index < -0.39 is 0 Å². The molecule has 0 atom stereocenters. The second kappa shape index (κ2) is 4.82. The highest BCUT2D eigenvalue weighted by molar-refractivity contribution is 7.22. The topological polar surface area (TPSA) is 28.2 Å². The average Bonchev–Trinajstić information content (AvgIpc) is 3.11. The Hall–Kier alpha value is -1.20. The fourth-order valence-electron chi connectivity index (χ4n) is 2.01. The second-order valence-corrected chi connectivity index (χ2v) is 5.80. The van der Waals surface area contributed by atoms with Crippen molar-refractivity contribution in [1.82, 2.24) is 9.88 Å². The first-order valence-corrected chi connectivity index (χ1v) is 7.04. The first-order valence-electron chi connectivity index (χ1n) is 6.22. The predicted molar refractivity (Wildman–Crippen MR) is 73.7 cm³/mol. The van der Waals surface area contributed by atoms with Gasteiger partial charge in [0.05, 0.1) is 10.2 Å². The van der Waals surface area contributed by atoms with Crippen molar-refractivity contribution in [2.75, 3.05) is 25.5 Å². The number of anilines is 1. The van der Waals surface area contributed by atoms with E-state index in [1.54, 1.807) is 17.4 Å². The Labute approximate surface area is 110 Å². The van der Waals surface area contributed by atoms with Crippen molar-refractivity contribution in [2.45, 2.75) is 18.9 Å². The summed E-state index contributed by atoms with van der Waals surface area (Å²) < 4.78 is 14.1. The highest BCUT2D eigenvalue weighted by Gasteiger charge is 2.25. The summed E-state index contributed by atoms with van der Waals surface area (Å²) in [5.74, 6) is -0.229. The Morgan fingerprint density at radius 3 is 3.11 bits per heavy atom. The lowest BCUT2D eigenvalue weighted by Crippen LogP contribution is -2.26. The van der Waals surface area contributed by atoms with Gasteiger partial charge in [-0.25, -0.2) is 9.37 Å². The van der Waals surface area contributed by atoms with Gasteiger partial charge in [-0.1, -0.05) is 11.3 Å². The molecule has 0 bridgehead atoms. The standard InChI is InChI=1S/C13H16FN3S/c1-17(10-3-4-10)7-6-15-13-16-11-8-9(14)2-5-12(11)18-13/h2,5,8,10H,3-4,6-7H2,1H3,(H,15,16). The molecule has 0 unspecified atom stereocenters. The van der Waals surface area contributed by atoms with Crippen LogP contribution in [0.2, 0.25) is 0 Å². The predicted octanol–water partition coefficient (Wildman–Crippen LogP) is 2.94. The maximum absolute atomic E-state index is 13.0. The van der Waals surface area contributed by atoms with Gasteiger partial charge in [-0.15, -0.1) is 0 Å². The number of aromatic nitrogens is 1. The normalized spacial score (nSPS) is 15.5. The van der Waals surface area contributed by atoms with Gasteiger partial charge < -0.3 is 10.2 Å². The fourth-order valence-corrected chi connectivity index (χ4v) is 2.89. The third kappa shape index (κ3) is 2.62. The van der Waals surface area contributed by atoms with Gasteiger partial charge >= 0.3 is 0 Å². The molecule has 5 heteroatoms. The zero-order valence-corrected chi connectivity index (χ0v) is 11.1. The van der Waals surface area contributed by atoms with Crippen LogP contribution in [0.5, 0.6) is 0 Å². The molecule has 96 valence electrons. The number of rotatable bonds is 5. The van der Waals surface area contributed by atoms with Gasteiger partial charge in [0.2, 0.25) is 0 Å². The third-order valence-corrected chi connectivity index (χ3v) is 4.25. The molecule has 1 aliphatic rings. The van der Waals surface area contributed by atoms with Gasteiger partial charge in [-0.3, -0.25) is 0 Å². The van der Waals surface area contributed by atoms with E-state index in [1.165, 1.54) is 25.0 Å². The van der Waals surface area contributed by atoms with Gasteiger partial charge in [-0.05, 0) is 32.0 Å². The Balaban J connectivity index is 1.60. The fraction of sp³-hybridized carbons (Fsp3) is 0.462. The second-order valence-electron chi connectivity index (χ2n) is 4.77. The van der Waals surface area contributed by atoms with E-state index >= 15 is 0 Å². The molecule has 2 aromatic rings. The SMILES string of the molecule is CN(CCNc1nc2cc(F)ccc2s1)C1CC1. The summed E-state index contributed by atoms with van der Waals surface area (Å²) in [6, 6.07) is 5.53. The van der Waals surface area contributed by atoms with Gasteiger partial charge in [-0.2, -0.15) is 0 Å². The van der Waals surface area contributed by atoms with Crippen LogP contribution in [0, 0.1) is 5.82 Å². The molecule has 0 saturated heterocycles. The molecule has 1 aliphatic carbocycles. The molecule has 1 saturated carbocycles. The van der Waals surface area contributed by atoms with E-state index in [9.17, 15) is 4.39 Å². The zero-order chi connectivity index (χ0) is 12.5. The molecular weight excluding hydrogens is 249 g/mol. The van der Waals surface area contributed by atoms with Crippen LogP contribution in [0.4, 0.5) is 9.52 Å². The van der Waals surface area contributed by atoms with Crippen LogP contribution in [0.1, 0.15) is 12.8 Å². The van der Waals surface area contributed by atoms with Gasteiger partial charge in [0.25, 0.3) is 0 Å². The molecule has 0 amide bonds. The summed E-state index contributed by atoms with van der Waals surface area (Å²) in [6.45, 7) is 1.91. The number of thiazole rings is 1. The lowest BCUT2D eigenvalue weighted by molar-refractivity contribution is 0.337. The van der Waals surface area contributed by atoms with Crippen molar-refractivity contribution in [2.24, 2.45) is 0 Å². The summed E-state index contributed by atoms with van der Waals surface area (Å²) in [4.78, 5) is 6.75. The number of nitrogens with one attached hydrogen (secondary N) is 1. The zero-order valence-electron chi connectivity index (χ0n) is 10.3. The minimum Gasteiger partial charge on any atom is -0.360 e. The molecule has 0 aliphatic heterocycles. The van der Waals surface area contributed by atoms with Crippen LogP contribution in [-0.4, -0.2) is 36.1 Å². The third-order valence-electron chi connectivity index (χ3n) is 3.26. The van der Waals surface area contributed by atoms with Crippen LogP contribution in [0.15, 0.2) is 18.2 Å². The molecule has 1 heterocycles. The maximum atomic E-state index is 13.0. The van der Waals surface area contributed by atoms with E-state index in [2.05, 4.69) is 22.2 Å². The maximum Gasteiger partial charge on any atom is 0.183 e. The van der Waals surface area contributed by atoms with Gasteiger partial charge in [0.1, 0.15) is 5.82 Å². The molecule has 1 aromatic carbocycles. The number of nitrogens with zero attached hydrogens (tertiary/aromatic N) is 2. The number of fused-ring (bicyclic) bond motifs is 1. The van der Waals surface area contributed by atoms with E-state index in [4.69, 9.17) is 0 Å². The number of likely N-dealkylation sites (N-methyl/N-ethyl adjacent to an activating group) is 1. The highest BCUT2D eigenvalue weighted by Crippen LogP contribution is 2.27. The van der Waals surface area contributed by atoms with Crippen LogP contribution in [-0.2, 0) is 0 Å². The molecule has 1 N–H and O–H groups in total. The Morgan fingerprint density at radius 2 is 2.33 bits per heavy atom. The van der Waals surface area contributed by atoms with Crippen molar-refractivity contribution >= 4 is 26.7 Å². The van der Waals surface area contributed by atoms with Crippen molar-refractivity contribution < 1.29 is 4.39 Å². The molecule has 0 radical (unpaired) electrons. The molecule has 0 spiro atoms. The molecule has 3 rings (SSSR count). The average molecular weight is 265 g/mol. The monoisotopic (exact) mass is 265 g/mol. The molecular formula is C13H16FN3S. The smallest absolute Gasteiger partial charge is 0.183 e. The lowest BCUT2D eigenvalue weighted by atomic mass is 10.3. The minimum absolute atomic E-state index is 0.229. The number of halogens is 1. The number of benzene rings is 1. The van der Waals surface area contributed by atoms with Crippen molar-refractivity contribution in [3.05, 3.63) is 24.0 Å². The van der Waals surface area contributed by atoms with Crippen molar-refractivity contribution in [1.29, 1.82) is 0 Å². The quantitative estimate of drug-likeness (QED) is 0.901. The highest BCUT2D eigenvalue weighted by atomic mass is 32.1. The van der Waals surface area contributed by atoms with E-state index in [1.807, 2.05) is 0 Å². The van der Waals surface area contributed by atoms with Gasteiger partial charge in [0.15, 0.2) is 5.13 Å². The summed E-state index contributed by atoms with van der Waals surface area (Å²) in [5, 5.41) is 4.19. The lowest BCUT2D eigenvalue weighted by Gasteiger charge is -2.15. The Morgan fingerprint density at radius 1 is 1.50 bits per heavy atom. The first kappa shape index (κ1) is 11.9. The van der Waals surface area contributed by atoms with E-state index in [0.717, 1.165) is 34.5 Å². The summed E-state index contributed by atoms with van der Waals surface area (Å²) in [5.41, 5.74) is 0.734. The van der Waals surface area contributed by atoms with Gasteiger partial charge in [0, 0.05) is 25.2 Å². The largest absolute Gasteiger partial charge is 0.360 e. The number of hydrogen-bond acceptors (Lipinski definition) is 4.